The van der Waals surface area contributed by atoms with E-state index in [2.05, 4.69) is 0 Å². The molecule has 4 rings (SSSR count). The minimum atomic E-state index is -0.563. The fraction of sp³-hybridized carbons (Fsp3) is 0.292. The van der Waals surface area contributed by atoms with Gasteiger partial charge >= 0.3 is 0 Å². The molecule has 1 spiro atoms. The summed E-state index contributed by atoms with van der Waals surface area (Å²) in [6.07, 6.45) is 3.09. The molecule has 2 heterocycles. The molecule has 5 heteroatoms. The number of ketones is 1. The topological polar surface area (TPSA) is 70.4 Å². The van der Waals surface area contributed by atoms with Gasteiger partial charge in [0.15, 0.2) is 5.78 Å². The van der Waals surface area contributed by atoms with Crippen molar-refractivity contribution in [3.05, 3.63) is 70.8 Å². The number of nitriles is 1. The van der Waals surface area contributed by atoms with Crippen LogP contribution in [0.2, 0.25) is 0 Å². The van der Waals surface area contributed by atoms with Crippen LogP contribution >= 0.6 is 0 Å². The molecule has 2 aromatic rings. The number of likely N-dealkylation sites (tertiary alicyclic amines) is 1. The summed E-state index contributed by atoms with van der Waals surface area (Å²) in [4.78, 5) is 27.2. The number of amides is 1. The zero-order valence-corrected chi connectivity index (χ0v) is 16.4. The number of hydrogen-bond acceptors (Lipinski definition) is 4. The number of piperidine rings is 1. The summed E-state index contributed by atoms with van der Waals surface area (Å²) in [6, 6.07) is 17.0. The third kappa shape index (κ3) is 3.79. The third-order valence-corrected chi connectivity index (χ3v) is 5.67. The maximum atomic E-state index is 12.8. The first-order valence-corrected chi connectivity index (χ1v) is 9.79. The largest absolute Gasteiger partial charge is 0.486 e. The Morgan fingerprint density at radius 1 is 1.17 bits per heavy atom. The SMILES string of the molecule is Cc1ccc2c(c1)C(=O)CC1(CCN(C(=O)/C(C#N)=C/c3ccccc3)CC1)O2. The second-order valence-electron chi connectivity index (χ2n) is 7.76. The number of hydrogen-bond donors (Lipinski definition) is 0. The number of rotatable bonds is 2. The van der Waals surface area contributed by atoms with E-state index in [9.17, 15) is 14.9 Å². The first-order chi connectivity index (χ1) is 14.0. The Kier molecular flexibility index (Phi) is 4.94. The molecule has 146 valence electrons. The molecule has 5 nitrogen and oxygen atoms in total. The van der Waals surface area contributed by atoms with E-state index < -0.39 is 5.60 Å². The molecule has 29 heavy (non-hydrogen) atoms. The van der Waals surface area contributed by atoms with Gasteiger partial charge in [0.2, 0.25) is 0 Å². The second kappa shape index (κ2) is 7.56. The van der Waals surface area contributed by atoms with Gasteiger partial charge in [-0.05, 0) is 30.7 Å². The fourth-order valence-electron chi connectivity index (χ4n) is 4.03. The molecule has 0 unspecified atom stereocenters. The molecule has 2 aliphatic rings. The highest BCUT2D eigenvalue weighted by Crippen LogP contribution is 2.39. The van der Waals surface area contributed by atoms with Crippen LogP contribution in [0.25, 0.3) is 6.08 Å². The molecule has 2 aliphatic heterocycles. The summed E-state index contributed by atoms with van der Waals surface area (Å²) >= 11 is 0. The predicted octanol–water partition coefficient (Wildman–Crippen LogP) is 3.93. The first-order valence-electron chi connectivity index (χ1n) is 9.79. The molecule has 2 aromatic carbocycles. The average Bonchev–Trinajstić information content (AvgIpc) is 2.73. The van der Waals surface area contributed by atoms with Gasteiger partial charge in [-0.15, -0.1) is 0 Å². The summed E-state index contributed by atoms with van der Waals surface area (Å²) < 4.78 is 6.26. The zero-order chi connectivity index (χ0) is 20.4. The van der Waals surface area contributed by atoms with E-state index in [-0.39, 0.29) is 17.3 Å². The van der Waals surface area contributed by atoms with Gasteiger partial charge in [0, 0.05) is 25.9 Å². The summed E-state index contributed by atoms with van der Waals surface area (Å²) in [5, 5.41) is 9.46. The van der Waals surface area contributed by atoms with Crippen LogP contribution in [0.1, 0.15) is 40.7 Å². The van der Waals surface area contributed by atoms with E-state index in [4.69, 9.17) is 4.74 Å². The van der Waals surface area contributed by atoms with Crippen LogP contribution in [0.3, 0.4) is 0 Å². The van der Waals surface area contributed by atoms with Crippen molar-refractivity contribution in [2.75, 3.05) is 13.1 Å². The van der Waals surface area contributed by atoms with Crippen LogP contribution < -0.4 is 4.74 Å². The minimum absolute atomic E-state index is 0.0939. The van der Waals surface area contributed by atoms with Crippen LogP contribution in [0, 0.1) is 18.3 Å². The lowest BCUT2D eigenvalue weighted by Gasteiger charge is -2.44. The molecule has 0 N–H and O–H groups in total. The van der Waals surface area contributed by atoms with Crippen LogP contribution in [-0.2, 0) is 4.79 Å². The quantitative estimate of drug-likeness (QED) is 0.579. The van der Waals surface area contributed by atoms with E-state index in [1.807, 2.05) is 61.5 Å². The fourth-order valence-corrected chi connectivity index (χ4v) is 4.03. The monoisotopic (exact) mass is 386 g/mol. The minimum Gasteiger partial charge on any atom is -0.486 e. The van der Waals surface area contributed by atoms with Gasteiger partial charge in [-0.25, -0.2) is 0 Å². The lowest BCUT2D eigenvalue weighted by atomic mass is 9.82. The maximum Gasteiger partial charge on any atom is 0.264 e. The van der Waals surface area contributed by atoms with Gasteiger partial charge in [-0.2, -0.15) is 5.26 Å². The molecule has 0 saturated carbocycles. The van der Waals surface area contributed by atoms with Crippen LogP contribution in [-0.4, -0.2) is 35.3 Å². The maximum absolute atomic E-state index is 12.8. The van der Waals surface area contributed by atoms with Crippen molar-refractivity contribution in [1.29, 1.82) is 5.26 Å². The number of nitrogens with zero attached hydrogens (tertiary/aromatic N) is 2. The van der Waals surface area contributed by atoms with Crippen molar-refractivity contribution in [1.82, 2.24) is 4.90 Å². The molecule has 0 atom stereocenters. The van der Waals surface area contributed by atoms with Crippen molar-refractivity contribution >= 4 is 17.8 Å². The smallest absolute Gasteiger partial charge is 0.264 e. The number of aryl methyl sites for hydroxylation is 1. The predicted molar refractivity (Wildman–Crippen MR) is 109 cm³/mol. The summed E-state index contributed by atoms with van der Waals surface area (Å²) in [7, 11) is 0. The lowest BCUT2D eigenvalue weighted by molar-refractivity contribution is -0.130. The molecule has 0 aromatic heterocycles. The highest BCUT2D eigenvalue weighted by Gasteiger charge is 2.43. The normalized spacial score (nSPS) is 18.0. The molecule has 0 radical (unpaired) electrons. The number of Topliss-reactive ketones (excluding diaryl/α,β-unsaturated/α-hetero) is 1. The van der Waals surface area contributed by atoms with Crippen LogP contribution in [0.4, 0.5) is 0 Å². The third-order valence-electron chi connectivity index (χ3n) is 5.67. The summed E-state index contributed by atoms with van der Waals surface area (Å²) in [6.45, 7) is 2.88. The highest BCUT2D eigenvalue weighted by atomic mass is 16.5. The number of fused-ring (bicyclic) bond motifs is 1. The Morgan fingerprint density at radius 2 is 1.90 bits per heavy atom. The number of benzene rings is 2. The number of ether oxygens (including phenoxy) is 1. The van der Waals surface area contributed by atoms with E-state index in [0.29, 0.717) is 43.7 Å². The van der Waals surface area contributed by atoms with E-state index in [1.165, 1.54) is 0 Å². The van der Waals surface area contributed by atoms with Crippen LogP contribution in [0.15, 0.2) is 54.1 Å². The van der Waals surface area contributed by atoms with Gasteiger partial charge in [-0.3, -0.25) is 9.59 Å². The zero-order valence-electron chi connectivity index (χ0n) is 16.4. The summed E-state index contributed by atoms with van der Waals surface area (Å²) in [5.74, 6) is 0.453. The Morgan fingerprint density at radius 3 is 2.59 bits per heavy atom. The second-order valence-corrected chi connectivity index (χ2v) is 7.76. The lowest BCUT2D eigenvalue weighted by Crippen LogP contribution is -2.52. The van der Waals surface area contributed by atoms with E-state index in [0.717, 1.165) is 11.1 Å². The summed E-state index contributed by atoms with van der Waals surface area (Å²) in [5.41, 5.74) is 2.05. The number of carbonyl (C=O) groups excluding carboxylic acids is 2. The van der Waals surface area contributed by atoms with Crippen molar-refractivity contribution in [3.8, 4) is 11.8 Å². The van der Waals surface area contributed by atoms with Gasteiger partial charge in [-0.1, -0.05) is 42.0 Å². The van der Waals surface area contributed by atoms with Crippen molar-refractivity contribution in [3.63, 3.8) is 0 Å². The standard InChI is InChI=1S/C24H22N2O3/c1-17-7-8-22-20(13-17)21(27)15-24(29-22)9-11-26(12-10-24)23(28)19(16-25)14-18-5-3-2-4-6-18/h2-8,13-14H,9-12,15H2,1H3/b19-14+. The molecular formula is C24H22N2O3. The first kappa shape index (κ1) is 18.9. The van der Waals surface area contributed by atoms with Crippen LogP contribution in [0.5, 0.6) is 5.75 Å². The Balaban J connectivity index is 1.47. The Labute approximate surface area is 170 Å². The van der Waals surface area contributed by atoms with Gasteiger partial charge in [0.25, 0.3) is 5.91 Å². The van der Waals surface area contributed by atoms with Crippen molar-refractivity contribution < 1.29 is 14.3 Å². The van der Waals surface area contributed by atoms with Gasteiger partial charge in [0.05, 0.1) is 12.0 Å². The van der Waals surface area contributed by atoms with E-state index >= 15 is 0 Å². The Bertz CT molecular complexity index is 1030. The Hall–Kier alpha value is -3.39. The van der Waals surface area contributed by atoms with Crippen molar-refractivity contribution in [2.24, 2.45) is 0 Å². The van der Waals surface area contributed by atoms with Gasteiger partial charge in [0.1, 0.15) is 23.0 Å². The highest BCUT2D eigenvalue weighted by molar-refractivity contribution is 6.02. The van der Waals surface area contributed by atoms with E-state index in [1.54, 1.807) is 11.0 Å². The average molecular weight is 386 g/mol. The molecule has 1 saturated heterocycles. The number of carbonyl (C=O) groups is 2. The molecular weight excluding hydrogens is 364 g/mol. The molecule has 0 bridgehead atoms. The molecule has 0 aliphatic carbocycles. The molecule has 1 fully saturated rings. The van der Waals surface area contributed by atoms with Gasteiger partial charge < -0.3 is 9.64 Å². The molecule has 1 amide bonds. The van der Waals surface area contributed by atoms with Crippen molar-refractivity contribution in [2.45, 2.75) is 31.8 Å².